The predicted molar refractivity (Wildman–Crippen MR) is 177 cm³/mol. The van der Waals surface area contributed by atoms with Crippen LogP contribution in [0.1, 0.15) is 45.7 Å². The largest absolute Gasteiger partial charge is 0.494 e. The minimum Gasteiger partial charge on any atom is -0.494 e. The van der Waals surface area contributed by atoms with Gasteiger partial charge in [-0.15, -0.1) is 0 Å². The number of aryl methyl sites for hydroxylation is 1. The van der Waals surface area contributed by atoms with Gasteiger partial charge < -0.3 is 19.5 Å². The lowest BCUT2D eigenvalue weighted by Crippen LogP contribution is -2.20. The van der Waals surface area contributed by atoms with E-state index in [9.17, 15) is 9.59 Å². The molecule has 0 aliphatic heterocycles. The van der Waals surface area contributed by atoms with Crippen molar-refractivity contribution >= 4 is 34.1 Å². The number of nitrogens with zero attached hydrogens (tertiary/aromatic N) is 2. The van der Waals surface area contributed by atoms with Crippen LogP contribution < -0.4 is 25.0 Å². The Morgan fingerprint density at radius 1 is 0.822 bits per heavy atom. The Bertz CT molecular complexity index is 1900. The van der Waals surface area contributed by atoms with E-state index in [4.69, 9.17) is 19.2 Å². The van der Waals surface area contributed by atoms with E-state index in [0.717, 1.165) is 27.8 Å². The van der Waals surface area contributed by atoms with Gasteiger partial charge in [-0.25, -0.2) is 10.4 Å². The van der Waals surface area contributed by atoms with E-state index in [1.54, 1.807) is 43.3 Å². The monoisotopic (exact) mass is 602 g/mol. The number of nitrogens with one attached hydrogen (secondary N) is 2. The number of methoxy groups -OCH3 is 2. The molecule has 2 N–H and O–H groups in total. The molecule has 0 saturated heterocycles. The van der Waals surface area contributed by atoms with Gasteiger partial charge in [0, 0.05) is 22.2 Å². The molecule has 1 aromatic heterocycles. The molecule has 0 aliphatic rings. The highest BCUT2D eigenvalue weighted by Crippen LogP contribution is 2.29. The van der Waals surface area contributed by atoms with Crippen molar-refractivity contribution in [2.24, 2.45) is 5.10 Å². The first kappa shape index (κ1) is 30.7. The molecule has 5 aromatic rings. The molecule has 45 heavy (non-hydrogen) atoms. The van der Waals surface area contributed by atoms with Crippen LogP contribution in [0.15, 0.2) is 96.1 Å². The molecular weight excluding hydrogens is 568 g/mol. The number of benzene rings is 4. The van der Waals surface area contributed by atoms with Crippen molar-refractivity contribution in [3.63, 3.8) is 0 Å². The third-order valence-corrected chi connectivity index (χ3v) is 7.18. The summed E-state index contributed by atoms with van der Waals surface area (Å²) in [5.41, 5.74) is 8.69. The van der Waals surface area contributed by atoms with Crippen LogP contribution in [0.3, 0.4) is 0 Å². The van der Waals surface area contributed by atoms with E-state index in [1.807, 2.05) is 68.4 Å². The van der Waals surface area contributed by atoms with Gasteiger partial charge in [0.25, 0.3) is 11.8 Å². The first-order valence-electron chi connectivity index (χ1n) is 14.4. The predicted octanol–water partition coefficient (Wildman–Crippen LogP) is 7.03. The molecule has 9 nitrogen and oxygen atoms in total. The van der Waals surface area contributed by atoms with Gasteiger partial charge in [-0.1, -0.05) is 23.8 Å². The lowest BCUT2D eigenvalue weighted by atomic mass is 10.0. The first-order valence-corrected chi connectivity index (χ1v) is 14.4. The Balaban J connectivity index is 1.37. The van der Waals surface area contributed by atoms with E-state index < -0.39 is 0 Å². The van der Waals surface area contributed by atoms with Crippen molar-refractivity contribution in [2.45, 2.75) is 20.8 Å². The fourth-order valence-electron chi connectivity index (χ4n) is 4.83. The number of amides is 2. The standard InChI is InChI=1S/C36H34N4O5/c1-6-45-28-14-11-24(12-15-28)32-21-30(29-18-22(2)10-16-31(29)38-32)36(42)40-39-23(3)25-8-7-9-27(19-25)37-35(41)26-13-17-33(43-4)34(20-26)44-5/h7-21H,6H2,1-5H3,(H,37,41)(H,40,42). The zero-order valence-corrected chi connectivity index (χ0v) is 25.8. The van der Waals surface area contributed by atoms with Crippen molar-refractivity contribution in [3.8, 4) is 28.5 Å². The molecule has 9 heteroatoms. The second-order valence-corrected chi connectivity index (χ2v) is 10.3. The summed E-state index contributed by atoms with van der Waals surface area (Å²) in [7, 11) is 3.05. The number of ether oxygens (including phenoxy) is 3. The molecule has 0 fully saturated rings. The smallest absolute Gasteiger partial charge is 0.272 e. The van der Waals surface area contributed by atoms with E-state index in [1.165, 1.54) is 14.2 Å². The maximum Gasteiger partial charge on any atom is 0.272 e. The summed E-state index contributed by atoms with van der Waals surface area (Å²) >= 11 is 0. The number of carbonyl (C=O) groups is 2. The molecule has 0 spiro atoms. The second-order valence-electron chi connectivity index (χ2n) is 10.3. The third kappa shape index (κ3) is 7.10. The number of carbonyl (C=O) groups excluding carboxylic acids is 2. The van der Waals surface area contributed by atoms with Crippen LogP contribution in [-0.4, -0.2) is 43.3 Å². The average molecular weight is 603 g/mol. The van der Waals surface area contributed by atoms with Crippen LogP contribution in [0.2, 0.25) is 0 Å². The number of anilines is 1. The maximum absolute atomic E-state index is 13.6. The first-order chi connectivity index (χ1) is 21.8. The molecule has 0 bridgehead atoms. The molecule has 5 rings (SSSR count). The molecule has 0 radical (unpaired) electrons. The van der Waals surface area contributed by atoms with E-state index in [-0.39, 0.29) is 11.8 Å². The quantitative estimate of drug-likeness (QED) is 0.131. The summed E-state index contributed by atoms with van der Waals surface area (Å²) in [5.74, 6) is 1.09. The van der Waals surface area contributed by atoms with Gasteiger partial charge in [-0.2, -0.15) is 5.10 Å². The number of fused-ring (bicyclic) bond motifs is 1. The molecule has 0 atom stereocenters. The fourth-order valence-corrected chi connectivity index (χ4v) is 4.83. The molecule has 4 aromatic carbocycles. The fraction of sp³-hybridized carbons (Fsp3) is 0.167. The third-order valence-electron chi connectivity index (χ3n) is 7.18. The molecule has 0 unspecified atom stereocenters. The van der Waals surface area contributed by atoms with Gasteiger partial charge in [-0.05, 0) is 99.1 Å². The summed E-state index contributed by atoms with van der Waals surface area (Å²) in [4.78, 5) is 31.3. The normalized spacial score (nSPS) is 11.2. The Kier molecular flexibility index (Phi) is 9.38. The zero-order valence-electron chi connectivity index (χ0n) is 25.8. The topological polar surface area (TPSA) is 111 Å². The average Bonchev–Trinajstić information content (AvgIpc) is 3.06. The maximum atomic E-state index is 13.6. The molecule has 0 aliphatic carbocycles. The van der Waals surface area contributed by atoms with Gasteiger partial charge >= 0.3 is 0 Å². The Labute approximate surface area is 261 Å². The summed E-state index contributed by atoms with van der Waals surface area (Å²) < 4.78 is 16.1. The van der Waals surface area contributed by atoms with Crippen molar-refractivity contribution in [2.75, 3.05) is 26.1 Å². The van der Waals surface area contributed by atoms with Crippen LogP contribution in [0.4, 0.5) is 5.69 Å². The number of aromatic nitrogens is 1. The lowest BCUT2D eigenvalue weighted by Gasteiger charge is -2.12. The number of pyridine rings is 1. The molecule has 1 heterocycles. The molecular formula is C36H34N4O5. The Hall–Kier alpha value is -5.70. The molecule has 0 saturated carbocycles. The van der Waals surface area contributed by atoms with Crippen molar-refractivity contribution < 1.29 is 23.8 Å². The highest BCUT2D eigenvalue weighted by molar-refractivity contribution is 6.09. The van der Waals surface area contributed by atoms with Crippen molar-refractivity contribution in [1.82, 2.24) is 10.4 Å². The van der Waals surface area contributed by atoms with Gasteiger partial charge in [0.15, 0.2) is 11.5 Å². The minimum atomic E-state index is -0.363. The van der Waals surface area contributed by atoms with E-state index in [0.29, 0.717) is 51.8 Å². The lowest BCUT2D eigenvalue weighted by molar-refractivity contribution is 0.0955. The molecule has 228 valence electrons. The van der Waals surface area contributed by atoms with Crippen LogP contribution in [0.5, 0.6) is 17.2 Å². The summed E-state index contributed by atoms with van der Waals surface area (Å²) in [6.45, 7) is 6.28. The highest BCUT2D eigenvalue weighted by atomic mass is 16.5. The van der Waals surface area contributed by atoms with E-state index >= 15 is 0 Å². The zero-order chi connectivity index (χ0) is 31.9. The van der Waals surface area contributed by atoms with Crippen LogP contribution >= 0.6 is 0 Å². The number of rotatable bonds is 10. The Morgan fingerprint density at radius 3 is 2.33 bits per heavy atom. The summed E-state index contributed by atoms with van der Waals surface area (Å²) in [6.07, 6.45) is 0. The van der Waals surface area contributed by atoms with Gasteiger partial charge in [0.2, 0.25) is 0 Å². The second kappa shape index (κ2) is 13.7. The van der Waals surface area contributed by atoms with Crippen LogP contribution in [0.25, 0.3) is 22.2 Å². The van der Waals surface area contributed by atoms with Gasteiger partial charge in [-0.3, -0.25) is 9.59 Å². The molecule has 2 amide bonds. The number of hydrogen-bond donors (Lipinski definition) is 2. The number of hydrazone groups is 1. The van der Waals surface area contributed by atoms with Gasteiger partial charge in [0.1, 0.15) is 5.75 Å². The van der Waals surface area contributed by atoms with Crippen molar-refractivity contribution in [3.05, 3.63) is 113 Å². The van der Waals surface area contributed by atoms with Gasteiger partial charge in [0.05, 0.1) is 43.3 Å². The Morgan fingerprint density at radius 2 is 1.60 bits per heavy atom. The minimum absolute atomic E-state index is 0.306. The van der Waals surface area contributed by atoms with E-state index in [2.05, 4.69) is 15.8 Å². The highest BCUT2D eigenvalue weighted by Gasteiger charge is 2.16. The SMILES string of the molecule is CCOc1ccc(-c2cc(C(=O)NN=C(C)c3cccc(NC(=O)c4ccc(OC)c(OC)c4)c3)c3cc(C)ccc3n2)cc1. The van der Waals surface area contributed by atoms with Crippen LogP contribution in [-0.2, 0) is 0 Å². The van der Waals surface area contributed by atoms with Crippen molar-refractivity contribution in [1.29, 1.82) is 0 Å². The number of hydrogen-bond acceptors (Lipinski definition) is 7. The summed E-state index contributed by atoms with van der Waals surface area (Å²) in [6, 6.07) is 27.4. The summed E-state index contributed by atoms with van der Waals surface area (Å²) in [5, 5.41) is 8.02. The van der Waals surface area contributed by atoms with Crippen LogP contribution in [0, 0.1) is 6.92 Å².